The summed E-state index contributed by atoms with van der Waals surface area (Å²) in [6.45, 7) is 9.33. The molecule has 0 saturated carbocycles. The van der Waals surface area contributed by atoms with Gasteiger partial charge in [-0.15, -0.1) is 0 Å². The Hall–Kier alpha value is -1.57. The zero-order valence-electron chi connectivity index (χ0n) is 17.9. The second kappa shape index (κ2) is 14.4. The molecule has 1 aromatic rings. The van der Waals surface area contributed by atoms with Gasteiger partial charge in [-0.3, -0.25) is 9.80 Å². The molecular formula is C24H39N3O. The molecule has 0 amide bonds. The Labute approximate surface area is 172 Å². The Bertz CT molecular complexity index is 544. The SMILES string of the molecule is CCCCCCCCCCOc1ccc(CN2CCN(CCC#N)CC2)cc1. The number of hydrogen-bond donors (Lipinski definition) is 0. The molecule has 156 valence electrons. The van der Waals surface area contributed by atoms with Crippen LogP contribution in [0, 0.1) is 11.3 Å². The number of piperazine rings is 1. The van der Waals surface area contributed by atoms with Crippen LogP contribution in [0.15, 0.2) is 24.3 Å². The van der Waals surface area contributed by atoms with Crippen LogP contribution in [0.2, 0.25) is 0 Å². The van der Waals surface area contributed by atoms with Crippen molar-refractivity contribution in [1.29, 1.82) is 5.26 Å². The lowest BCUT2D eigenvalue weighted by Crippen LogP contribution is -2.46. The third-order valence-corrected chi connectivity index (χ3v) is 5.60. The maximum absolute atomic E-state index is 8.70. The van der Waals surface area contributed by atoms with Crippen LogP contribution in [0.1, 0.15) is 70.3 Å². The summed E-state index contributed by atoms with van der Waals surface area (Å²) in [7, 11) is 0. The first-order chi connectivity index (χ1) is 13.8. The zero-order valence-corrected chi connectivity index (χ0v) is 17.9. The van der Waals surface area contributed by atoms with Gasteiger partial charge in [0.2, 0.25) is 0 Å². The van der Waals surface area contributed by atoms with E-state index in [1.807, 2.05) is 0 Å². The van der Waals surface area contributed by atoms with Crippen LogP contribution >= 0.6 is 0 Å². The predicted molar refractivity (Wildman–Crippen MR) is 116 cm³/mol. The Kier molecular flexibility index (Phi) is 11.7. The van der Waals surface area contributed by atoms with Gasteiger partial charge < -0.3 is 4.74 Å². The van der Waals surface area contributed by atoms with Gasteiger partial charge in [0.1, 0.15) is 5.75 Å². The van der Waals surface area contributed by atoms with Gasteiger partial charge in [0.05, 0.1) is 12.7 Å². The third-order valence-electron chi connectivity index (χ3n) is 5.60. The highest BCUT2D eigenvalue weighted by Gasteiger charge is 2.16. The molecule has 1 heterocycles. The smallest absolute Gasteiger partial charge is 0.119 e. The van der Waals surface area contributed by atoms with Crippen LogP contribution in [-0.2, 0) is 6.54 Å². The minimum Gasteiger partial charge on any atom is -0.494 e. The molecule has 0 bridgehead atoms. The third kappa shape index (κ3) is 9.57. The summed E-state index contributed by atoms with van der Waals surface area (Å²) in [6, 6.07) is 10.9. The van der Waals surface area contributed by atoms with E-state index in [1.165, 1.54) is 50.5 Å². The fourth-order valence-corrected chi connectivity index (χ4v) is 3.75. The van der Waals surface area contributed by atoms with Crippen molar-refractivity contribution in [3.63, 3.8) is 0 Å². The molecule has 1 saturated heterocycles. The van der Waals surface area contributed by atoms with E-state index >= 15 is 0 Å². The van der Waals surface area contributed by atoms with Gasteiger partial charge in [0, 0.05) is 45.7 Å². The van der Waals surface area contributed by atoms with Crippen LogP contribution in [0.4, 0.5) is 0 Å². The highest BCUT2D eigenvalue weighted by molar-refractivity contribution is 5.27. The molecule has 0 aliphatic carbocycles. The monoisotopic (exact) mass is 385 g/mol. The summed E-state index contributed by atoms with van der Waals surface area (Å²) in [4.78, 5) is 4.89. The average Bonchev–Trinajstić information content (AvgIpc) is 2.73. The first kappa shape index (κ1) is 22.7. The summed E-state index contributed by atoms with van der Waals surface area (Å²) in [5.74, 6) is 0.994. The molecule has 1 aromatic carbocycles. The van der Waals surface area contributed by atoms with Gasteiger partial charge >= 0.3 is 0 Å². The van der Waals surface area contributed by atoms with E-state index in [9.17, 15) is 0 Å². The second-order valence-electron chi connectivity index (χ2n) is 7.99. The van der Waals surface area contributed by atoms with Crippen molar-refractivity contribution >= 4 is 0 Å². The molecule has 0 unspecified atom stereocenters. The lowest BCUT2D eigenvalue weighted by Gasteiger charge is -2.34. The van der Waals surface area contributed by atoms with E-state index in [0.717, 1.165) is 58.0 Å². The van der Waals surface area contributed by atoms with Crippen molar-refractivity contribution in [1.82, 2.24) is 9.80 Å². The molecule has 0 N–H and O–H groups in total. The first-order valence-electron chi connectivity index (χ1n) is 11.3. The molecular weight excluding hydrogens is 346 g/mol. The standard InChI is InChI=1S/C24H39N3O/c1-2-3-4-5-6-7-8-9-21-28-24-13-11-23(12-14-24)22-27-19-17-26(18-20-27)16-10-15-25/h11-14H,2-10,16-22H2,1H3. The fraction of sp³-hybridized carbons (Fsp3) is 0.708. The van der Waals surface area contributed by atoms with Crippen molar-refractivity contribution in [2.45, 2.75) is 71.3 Å². The van der Waals surface area contributed by atoms with E-state index in [0.29, 0.717) is 6.42 Å². The Balaban J connectivity index is 1.54. The second-order valence-corrected chi connectivity index (χ2v) is 7.99. The van der Waals surface area contributed by atoms with Crippen LogP contribution in [0.3, 0.4) is 0 Å². The quantitative estimate of drug-likeness (QED) is 0.411. The van der Waals surface area contributed by atoms with Gasteiger partial charge in [-0.25, -0.2) is 0 Å². The normalized spacial score (nSPS) is 15.4. The largest absolute Gasteiger partial charge is 0.494 e. The molecule has 0 aromatic heterocycles. The predicted octanol–water partition coefficient (Wildman–Crippen LogP) is 5.24. The molecule has 1 aliphatic heterocycles. The minimum absolute atomic E-state index is 0.639. The Morgan fingerprint density at radius 2 is 1.46 bits per heavy atom. The van der Waals surface area contributed by atoms with E-state index in [-0.39, 0.29) is 0 Å². The summed E-state index contributed by atoms with van der Waals surface area (Å²) in [5.41, 5.74) is 1.35. The van der Waals surface area contributed by atoms with Crippen molar-refractivity contribution in [3.8, 4) is 11.8 Å². The number of benzene rings is 1. The number of rotatable bonds is 14. The van der Waals surface area contributed by atoms with Gasteiger partial charge in [0.25, 0.3) is 0 Å². The average molecular weight is 386 g/mol. The zero-order chi connectivity index (χ0) is 19.9. The van der Waals surface area contributed by atoms with Crippen molar-refractivity contribution < 1.29 is 4.74 Å². The Morgan fingerprint density at radius 3 is 2.11 bits per heavy atom. The molecule has 2 rings (SSSR count). The highest BCUT2D eigenvalue weighted by atomic mass is 16.5. The molecule has 0 spiro atoms. The number of unbranched alkanes of at least 4 members (excludes halogenated alkanes) is 7. The van der Waals surface area contributed by atoms with Crippen LogP contribution in [0.25, 0.3) is 0 Å². The molecule has 1 aliphatic rings. The maximum atomic E-state index is 8.70. The first-order valence-corrected chi connectivity index (χ1v) is 11.3. The molecule has 28 heavy (non-hydrogen) atoms. The van der Waals surface area contributed by atoms with Crippen LogP contribution < -0.4 is 4.74 Å². The van der Waals surface area contributed by atoms with E-state index < -0.39 is 0 Å². The summed E-state index contributed by atoms with van der Waals surface area (Å²) in [6.07, 6.45) is 11.3. The van der Waals surface area contributed by atoms with E-state index in [4.69, 9.17) is 10.00 Å². The molecule has 4 nitrogen and oxygen atoms in total. The number of hydrogen-bond acceptors (Lipinski definition) is 4. The highest BCUT2D eigenvalue weighted by Crippen LogP contribution is 2.16. The van der Waals surface area contributed by atoms with Crippen LogP contribution in [0.5, 0.6) is 5.75 Å². The van der Waals surface area contributed by atoms with Gasteiger partial charge in [-0.05, 0) is 24.1 Å². The summed E-state index contributed by atoms with van der Waals surface area (Å²) in [5, 5.41) is 8.70. The van der Waals surface area contributed by atoms with Gasteiger partial charge in [-0.2, -0.15) is 5.26 Å². The maximum Gasteiger partial charge on any atom is 0.119 e. The molecule has 0 atom stereocenters. The van der Waals surface area contributed by atoms with Gasteiger partial charge in [0.15, 0.2) is 0 Å². The minimum atomic E-state index is 0.639. The lowest BCUT2D eigenvalue weighted by molar-refractivity contribution is 0.129. The fourth-order valence-electron chi connectivity index (χ4n) is 3.75. The summed E-state index contributed by atoms with van der Waals surface area (Å²) >= 11 is 0. The molecule has 1 fully saturated rings. The number of ether oxygens (including phenoxy) is 1. The van der Waals surface area contributed by atoms with Gasteiger partial charge in [-0.1, -0.05) is 64.0 Å². The van der Waals surface area contributed by atoms with E-state index in [2.05, 4.69) is 47.1 Å². The number of nitriles is 1. The molecule has 4 heteroatoms. The topological polar surface area (TPSA) is 39.5 Å². The van der Waals surface area contributed by atoms with Crippen molar-refractivity contribution in [3.05, 3.63) is 29.8 Å². The number of nitrogens with zero attached hydrogens (tertiary/aromatic N) is 3. The lowest BCUT2D eigenvalue weighted by atomic mass is 10.1. The van der Waals surface area contributed by atoms with E-state index in [1.54, 1.807) is 0 Å². The van der Waals surface area contributed by atoms with Crippen LogP contribution in [-0.4, -0.2) is 49.1 Å². The van der Waals surface area contributed by atoms with Crippen molar-refractivity contribution in [2.75, 3.05) is 39.3 Å². The van der Waals surface area contributed by atoms with Crippen molar-refractivity contribution in [2.24, 2.45) is 0 Å². The Morgan fingerprint density at radius 1 is 0.857 bits per heavy atom. The summed E-state index contributed by atoms with van der Waals surface area (Å²) < 4.78 is 5.90. The molecule has 0 radical (unpaired) electrons.